The van der Waals surface area contributed by atoms with Crippen LogP contribution in [0.15, 0.2) is 84.9 Å². The minimum absolute atomic E-state index is 0.00133. The summed E-state index contributed by atoms with van der Waals surface area (Å²) in [6.07, 6.45) is 1.39. The second-order valence-electron chi connectivity index (χ2n) is 16.4. The van der Waals surface area contributed by atoms with Gasteiger partial charge in [0.05, 0.1) is 17.5 Å². The maximum Gasteiger partial charge on any atom is 0.411 e. The van der Waals surface area contributed by atoms with E-state index in [1.54, 1.807) is 12.1 Å². The number of ether oxygens (including phenoxy) is 1. The fourth-order valence-corrected chi connectivity index (χ4v) is 7.99. The lowest BCUT2D eigenvalue weighted by atomic mass is 10.0. The van der Waals surface area contributed by atoms with Crippen molar-refractivity contribution < 1.29 is 28.7 Å². The molecular weight excluding hydrogens is 735 g/mol. The Labute approximate surface area is 338 Å². The van der Waals surface area contributed by atoms with Gasteiger partial charge >= 0.3 is 6.09 Å². The molecule has 3 amide bonds. The molecule has 1 heterocycles. The number of likely N-dealkylation sites (tertiary alicyclic amines) is 1. The van der Waals surface area contributed by atoms with E-state index in [1.807, 2.05) is 80.6 Å². The zero-order valence-corrected chi connectivity index (χ0v) is 35.4. The van der Waals surface area contributed by atoms with Gasteiger partial charge in [0.25, 0.3) is 0 Å². The van der Waals surface area contributed by atoms with Crippen LogP contribution < -0.4 is 21.3 Å². The number of para-hydroxylation sites is 1. The fourth-order valence-electron chi connectivity index (χ4n) is 6.71. The van der Waals surface area contributed by atoms with Crippen molar-refractivity contribution in [2.75, 3.05) is 42.1 Å². The van der Waals surface area contributed by atoms with Crippen molar-refractivity contribution in [1.29, 1.82) is 0 Å². The molecule has 4 aromatic rings. The lowest BCUT2D eigenvalue weighted by Crippen LogP contribution is -2.43. The molecule has 11 nitrogen and oxygen atoms in total. The standard InChI is InChI=1S/C45H59N5O6Si/c1-31-26-39(32(2)25-35(31)28-46-29-42(56-57(6,7)45(3,4)5)34-17-18-41(52)40(27-34)47-30-51)48-43(53)21-24-50-22-19-36(20-23-50)55-44(54)49-38-16-12-11-15-37(38)33-13-9-8-10-14-33/h8-18,25-27,30,36,42,46,52H,19-24,28-29H2,1-7H3,(H,47,51)(H,48,53)(H,49,54). The van der Waals surface area contributed by atoms with Crippen molar-refractivity contribution in [2.45, 2.75) is 90.8 Å². The van der Waals surface area contributed by atoms with Crippen LogP contribution in [-0.2, 0) is 25.3 Å². The average molecular weight is 794 g/mol. The molecule has 0 bridgehead atoms. The van der Waals surface area contributed by atoms with Crippen molar-refractivity contribution in [3.8, 4) is 16.9 Å². The van der Waals surface area contributed by atoms with Gasteiger partial charge in [-0.3, -0.25) is 14.9 Å². The molecule has 0 spiro atoms. The topological polar surface area (TPSA) is 141 Å². The summed E-state index contributed by atoms with van der Waals surface area (Å²) in [5, 5.41) is 22.4. The summed E-state index contributed by atoms with van der Waals surface area (Å²) < 4.78 is 12.6. The molecule has 0 aromatic heterocycles. The van der Waals surface area contributed by atoms with Gasteiger partial charge in [0, 0.05) is 50.4 Å². The molecule has 0 radical (unpaired) electrons. The maximum absolute atomic E-state index is 13.1. The lowest BCUT2D eigenvalue weighted by Gasteiger charge is -2.39. The Morgan fingerprint density at radius 2 is 1.60 bits per heavy atom. The third kappa shape index (κ3) is 12.0. The number of nitrogens with one attached hydrogen (secondary N) is 4. The van der Waals surface area contributed by atoms with E-state index in [2.05, 4.69) is 66.1 Å². The number of hydrogen-bond donors (Lipinski definition) is 5. The second-order valence-corrected chi connectivity index (χ2v) is 21.2. The molecule has 5 rings (SSSR count). The van der Waals surface area contributed by atoms with Gasteiger partial charge in [-0.05, 0) is 96.9 Å². The second kappa shape index (κ2) is 19.4. The largest absolute Gasteiger partial charge is 0.506 e. The van der Waals surface area contributed by atoms with Crippen LogP contribution in [-0.4, -0.2) is 69.0 Å². The van der Waals surface area contributed by atoms with E-state index in [-0.39, 0.29) is 28.9 Å². The van der Waals surface area contributed by atoms with E-state index >= 15 is 0 Å². The van der Waals surface area contributed by atoms with Gasteiger partial charge < -0.3 is 35.1 Å². The molecule has 1 unspecified atom stereocenters. The van der Waals surface area contributed by atoms with Gasteiger partial charge in [-0.25, -0.2) is 4.79 Å². The molecule has 304 valence electrons. The third-order valence-electron chi connectivity index (χ3n) is 11.2. The van der Waals surface area contributed by atoms with Crippen LogP contribution in [0.4, 0.5) is 21.9 Å². The minimum Gasteiger partial charge on any atom is -0.506 e. The Hall–Kier alpha value is -5.01. The minimum atomic E-state index is -2.18. The number of aromatic hydroxyl groups is 1. The Bertz CT molecular complexity index is 1990. The molecule has 57 heavy (non-hydrogen) atoms. The number of benzene rings is 4. The highest BCUT2D eigenvalue weighted by Gasteiger charge is 2.39. The molecule has 1 fully saturated rings. The molecule has 1 saturated heterocycles. The first-order valence-corrected chi connectivity index (χ1v) is 22.7. The van der Waals surface area contributed by atoms with Crippen LogP contribution in [0.3, 0.4) is 0 Å². The van der Waals surface area contributed by atoms with Crippen LogP contribution in [0, 0.1) is 13.8 Å². The summed E-state index contributed by atoms with van der Waals surface area (Å²) in [6, 6.07) is 26.9. The highest BCUT2D eigenvalue weighted by atomic mass is 28.4. The number of aryl methyl sites for hydroxylation is 2. The Kier molecular flexibility index (Phi) is 14.7. The van der Waals surface area contributed by atoms with Gasteiger partial charge in [0.1, 0.15) is 11.9 Å². The molecule has 1 atom stereocenters. The molecule has 0 aliphatic carbocycles. The monoisotopic (exact) mass is 793 g/mol. The highest BCUT2D eigenvalue weighted by Crippen LogP contribution is 2.40. The Morgan fingerprint density at radius 3 is 2.30 bits per heavy atom. The molecule has 1 aliphatic heterocycles. The van der Waals surface area contributed by atoms with Crippen molar-refractivity contribution in [3.05, 3.63) is 107 Å². The first-order valence-electron chi connectivity index (χ1n) is 19.8. The van der Waals surface area contributed by atoms with Crippen LogP contribution >= 0.6 is 0 Å². The number of anilines is 3. The number of nitrogens with zero attached hydrogens (tertiary/aromatic N) is 1. The van der Waals surface area contributed by atoms with Gasteiger partial charge in [-0.15, -0.1) is 0 Å². The SMILES string of the molecule is Cc1cc(NC(=O)CCN2CCC(OC(=O)Nc3ccccc3-c3ccccc3)CC2)c(C)cc1CNCC(O[Si](C)(C)C(C)(C)C)c1ccc(O)c(NC=O)c1. The van der Waals surface area contributed by atoms with Crippen LogP contribution in [0.2, 0.25) is 18.1 Å². The number of piperidine rings is 1. The van der Waals surface area contributed by atoms with E-state index in [1.165, 1.54) is 0 Å². The molecule has 4 aromatic carbocycles. The van der Waals surface area contributed by atoms with E-state index in [4.69, 9.17) is 9.16 Å². The Balaban J connectivity index is 1.08. The number of amides is 3. The maximum atomic E-state index is 13.1. The number of rotatable bonds is 16. The van der Waals surface area contributed by atoms with Gasteiger partial charge in [-0.1, -0.05) is 81.4 Å². The number of phenolic OH excluding ortho intramolecular Hbond substituents is 1. The zero-order valence-electron chi connectivity index (χ0n) is 34.4. The summed E-state index contributed by atoms with van der Waals surface area (Å²) >= 11 is 0. The summed E-state index contributed by atoms with van der Waals surface area (Å²) in [5.41, 5.74) is 7.82. The molecule has 5 N–H and O–H groups in total. The predicted octanol–water partition coefficient (Wildman–Crippen LogP) is 9.14. The first-order chi connectivity index (χ1) is 27.1. The molecule has 1 aliphatic rings. The lowest BCUT2D eigenvalue weighted by molar-refractivity contribution is -0.116. The predicted molar refractivity (Wildman–Crippen MR) is 231 cm³/mol. The Morgan fingerprint density at radius 1 is 0.895 bits per heavy atom. The fraction of sp³-hybridized carbons (Fsp3) is 0.400. The van der Waals surface area contributed by atoms with E-state index in [9.17, 15) is 19.5 Å². The normalized spacial score (nSPS) is 14.4. The van der Waals surface area contributed by atoms with Gasteiger partial charge in [-0.2, -0.15) is 0 Å². The molecule has 0 saturated carbocycles. The van der Waals surface area contributed by atoms with E-state index in [0.717, 1.165) is 52.2 Å². The van der Waals surface area contributed by atoms with Gasteiger partial charge in [0.2, 0.25) is 12.3 Å². The first kappa shape index (κ1) is 43.1. The van der Waals surface area contributed by atoms with Crippen molar-refractivity contribution in [3.63, 3.8) is 0 Å². The van der Waals surface area contributed by atoms with Crippen LogP contribution in [0.1, 0.15) is 68.4 Å². The van der Waals surface area contributed by atoms with E-state index in [0.29, 0.717) is 56.7 Å². The molecule has 12 heteroatoms. The van der Waals surface area contributed by atoms with Gasteiger partial charge in [0.15, 0.2) is 8.32 Å². The van der Waals surface area contributed by atoms with Crippen molar-refractivity contribution in [2.24, 2.45) is 0 Å². The summed E-state index contributed by atoms with van der Waals surface area (Å²) in [5.74, 6) is -0.0419. The number of phenols is 1. The summed E-state index contributed by atoms with van der Waals surface area (Å²) in [4.78, 5) is 39.3. The quantitative estimate of drug-likeness (QED) is 0.0430. The van der Waals surface area contributed by atoms with Crippen LogP contribution in [0.25, 0.3) is 11.1 Å². The number of hydrogen-bond acceptors (Lipinski definition) is 8. The average Bonchev–Trinajstić information content (AvgIpc) is 3.17. The third-order valence-corrected chi connectivity index (χ3v) is 15.7. The molecular formula is C45H59N5O6Si. The van der Waals surface area contributed by atoms with Crippen molar-refractivity contribution >= 4 is 43.8 Å². The number of carbonyl (C=O) groups excluding carboxylic acids is 3. The highest BCUT2D eigenvalue weighted by molar-refractivity contribution is 6.74. The smallest absolute Gasteiger partial charge is 0.411 e. The zero-order chi connectivity index (χ0) is 41.2. The summed E-state index contributed by atoms with van der Waals surface area (Å²) in [6.45, 7) is 18.3. The van der Waals surface area contributed by atoms with E-state index < -0.39 is 14.4 Å². The van der Waals surface area contributed by atoms with Crippen molar-refractivity contribution in [1.82, 2.24) is 10.2 Å². The number of carbonyl (C=O) groups is 3. The summed E-state index contributed by atoms with van der Waals surface area (Å²) in [7, 11) is -2.18. The van der Waals surface area contributed by atoms with Crippen LogP contribution in [0.5, 0.6) is 5.75 Å².